The van der Waals surface area contributed by atoms with Gasteiger partial charge in [-0.2, -0.15) is 0 Å². The molecule has 2 aromatic carbocycles. The van der Waals surface area contributed by atoms with E-state index < -0.39 is 0 Å². The van der Waals surface area contributed by atoms with Crippen LogP contribution in [0.25, 0.3) is 5.69 Å². The maximum Gasteiger partial charge on any atom is 0.275 e. The Labute approximate surface area is 165 Å². The number of rotatable bonds is 5. The van der Waals surface area contributed by atoms with Crippen LogP contribution in [0.3, 0.4) is 0 Å². The van der Waals surface area contributed by atoms with E-state index >= 15 is 0 Å². The summed E-state index contributed by atoms with van der Waals surface area (Å²) in [5.41, 5.74) is 2.99. The molecule has 0 bridgehead atoms. The summed E-state index contributed by atoms with van der Waals surface area (Å²) in [6, 6.07) is 15.4. The fraction of sp³-hybridized carbons (Fsp3) is 0.0500. The standard InChI is InChI=1S/C20H15ClN4OS/c21-16-11-15(6-7-18(16)25-9-8-22-13-25)23-20(26)17-12-27-19(24-17)10-14-4-2-1-3-5-14/h1-9,11-13H,10H2,(H,23,26). The van der Waals surface area contributed by atoms with Crippen molar-refractivity contribution in [1.82, 2.24) is 14.5 Å². The molecule has 0 radical (unpaired) electrons. The normalized spacial score (nSPS) is 10.7. The lowest BCUT2D eigenvalue weighted by Gasteiger charge is -2.08. The van der Waals surface area contributed by atoms with Crippen LogP contribution >= 0.6 is 22.9 Å². The summed E-state index contributed by atoms with van der Waals surface area (Å²) in [5.74, 6) is -0.253. The molecule has 0 saturated carbocycles. The summed E-state index contributed by atoms with van der Waals surface area (Å²) in [4.78, 5) is 20.9. The predicted octanol–water partition coefficient (Wildman–Crippen LogP) is 4.83. The molecule has 1 amide bonds. The molecule has 1 N–H and O–H groups in total. The highest BCUT2D eigenvalue weighted by molar-refractivity contribution is 7.09. The second kappa shape index (κ2) is 7.73. The van der Waals surface area contributed by atoms with E-state index in [-0.39, 0.29) is 5.91 Å². The molecule has 0 atom stereocenters. The number of hydrogen-bond donors (Lipinski definition) is 1. The number of carbonyl (C=O) groups excluding carboxylic acids is 1. The largest absolute Gasteiger partial charge is 0.321 e. The van der Waals surface area contributed by atoms with Crippen molar-refractivity contribution in [1.29, 1.82) is 0 Å². The molecule has 0 aliphatic heterocycles. The third kappa shape index (κ3) is 4.07. The quantitative estimate of drug-likeness (QED) is 0.527. The Bertz CT molecular complexity index is 1060. The Morgan fingerprint density at radius 2 is 2.04 bits per heavy atom. The lowest BCUT2D eigenvalue weighted by atomic mass is 10.2. The van der Waals surface area contributed by atoms with Crippen LogP contribution in [0, 0.1) is 0 Å². The van der Waals surface area contributed by atoms with Crippen molar-refractivity contribution in [2.45, 2.75) is 6.42 Å². The number of halogens is 1. The Balaban J connectivity index is 1.46. The SMILES string of the molecule is O=C(Nc1ccc(-n2ccnc2)c(Cl)c1)c1csc(Cc2ccccc2)n1. The maximum absolute atomic E-state index is 12.5. The molecular formula is C20H15ClN4OS. The van der Waals surface area contributed by atoms with Crippen LogP contribution in [0.4, 0.5) is 5.69 Å². The van der Waals surface area contributed by atoms with Gasteiger partial charge < -0.3 is 9.88 Å². The number of nitrogens with zero attached hydrogens (tertiary/aromatic N) is 3. The average molecular weight is 395 g/mol. The van der Waals surface area contributed by atoms with Crippen molar-refractivity contribution in [3.8, 4) is 5.69 Å². The van der Waals surface area contributed by atoms with E-state index in [1.807, 2.05) is 47.2 Å². The van der Waals surface area contributed by atoms with Gasteiger partial charge in [-0.3, -0.25) is 4.79 Å². The van der Waals surface area contributed by atoms with Gasteiger partial charge in [-0.05, 0) is 23.8 Å². The zero-order chi connectivity index (χ0) is 18.6. The van der Waals surface area contributed by atoms with Crippen LogP contribution < -0.4 is 5.32 Å². The molecule has 0 aliphatic carbocycles. The second-order valence-electron chi connectivity index (χ2n) is 5.88. The van der Waals surface area contributed by atoms with E-state index in [1.54, 1.807) is 30.0 Å². The first kappa shape index (κ1) is 17.5. The summed E-state index contributed by atoms with van der Waals surface area (Å²) >= 11 is 7.81. The van der Waals surface area contributed by atoms with Crippen molar-refractivity contribution in [2.75, 3.05) is 5.32 Å². The molecule has 7 heteroatoms. The van der Waals surface area contributed by atoms with Crippen molar-refractivity contribution < 1.29 is 4.79 Å². The Kier molecular flexibility index (Phi) is 5.00. The van der Waals surface area contributed by atoms with Crippen LogP contribution in [-0.4, -0.2) is 20.4 Å². The number of hydrogen-bond acceptors (Lipinski definition) is 4. The van der Waals surface area contributed by atoms with Gasteiger partial charge in [-0.1, -0.05) is 41.9 Å². The fourth-order valence-electron chi connectivity index (χ4n) is 2.66. The molecule has 2 heterocycles. The highest BCUT2D eigenvalue weighted by Gasteiger charge is 2.12. The van der Waals surface area contributed by atoms with E-state index in [0.717, 1.165) is 10.7 Å². The maximum atomic E-state index is 12.5. The predicted molar refractivity (Wildman–Crippen MR) is 108 cm³/mol. The van der Waals surface area contributed by atoms with Gasteiger partial charge in [0.1, 0.15) is 5.69 Å². The summed E-state index contributed by atoms with van der Waals surface area (Å²) in [5, 5.41) is 6.04. The highest BCUT2D eigenvalue weighted by atomic mass is 35.5. The average Bonchev–Trinajstić information content (AvgIpc) is 3.35. The van der Waals surface area contributed by atoms with E-state index in [2.05, 4.69) is 15.3 Å². The third-order valence-electron chi connectivity index (χ3n) is 3.97. The van der Waals surface area contributed by atoms with Crippen LogP contribution in [0.5, 0.6) is 0 Å². The number of amides is 1. The second-order valence-corrected chi connectivity index (χ2v) is 7.23. The first-order chi connectivity index (χ1) is 13.2. The van der Waals surface area contributed by atoms with Gasteiger partial charge in [-0.25, -0.2) is 9.97 Å². The highest BCUT2D eigenvalue weighted by Crippen LogP contribution is 2.25. The van der Waals surface area contributed by atoms with Crippen molar-refractivity contribution in [3.05, 3.63) is 93.9 Å². The summed E-state index contributed by atoms with van der Waals surface area (Å²) < 4.78 is 1.81. The third-order valence-corrected chi connectivity index (χ3v) is 5.12. The molecule has 0 unspecified atom stereocenters. The lowest BCUT2D eigenvalue weighted by Crippen LogP contribution is -2.12. The minimum Gasteiger partial charge on any atom is -0.321 e. The van der Waals surface area contributed by atoms with E-state index in [0.29, 0.717) is 22.8 Å². The minimum atomic E-state index is -0.253. The number of aromatic nitrogens is 3. The molecular weight excluding hydrogens is 380 g/mol. The topological polar surface area (TPSA) is 59.8 Å². The van der Waals surface area contributed by atoms with Crippen LogP contribution in [0.15, 0.2) is 72.6 Å². The molecule has 5 nitrogen and oxygen atoms in total. The van der Waals surface area contributed by atoms with Gasteiger partial charge in [0.25, 0.3) is 5.91 Å². The summed E-state index contributed by atoms with van der Waals surface area (Å²) in [6.07, 6.45) is 5.87. The van der Waals surface area contributed by atoms with Gasteiger partial charge in [0.2, 0.25) is 0 Å². The smallest absolute Gasteiger partial charge is 0.275 e. The lowest BCUT2D eigenvalue weighted by molar-refractivity contribution is 0.102. The molecule has 27 heavy (non-hydrogen) atoms. The van der Waals surface area contributed by atoms with E-state index in [9.17, 15) is 4.79 Å². The zero-order valence-corrected chi connectivity index (χ0v) is 15.7. The zero-order valence-electron chi connectivity index (χ0n) is 14.2. The fourth-order valence-corrected chi connectivity index (χ4v) is 3.74. The number of imidazole rings is 1. The molecule has 0 aliphatic rings. The molecule has 2 aromatic heterocycles. The Morgan fingerprint density at radius 1 is 1.19 bits per heavy atom. The Hall–Kier alpha value is -2.96. The van der Waals surface area contributed by atoms with E-state index in [4.69, 9.17) is 11.6 Å². The number of carbonyl (C=O) groups is 1. The van der Waals surface area contributed by atoms with Crippen molar-refractivity contribution in [2.24, 2.45) is 0 Å². The number of thiazole rings is 1. The van der Waals surface area contributed by atoms with Gasteiger partial charge in [0.15, 0.2) is 0 Å². The summed E-state index contributed by atoms with van der Waals surface area (Å²) in [7, 11) is 0. The van der Waals surface area contributed by atoms with Gasteiger partial charge in [0, 0.05) is 29.9 Å². The molecule has 4 aromatic rings. The van der Waals surface area contributed by atoms with Crippen LogP contribution in [0.1, 0.15) is 21.1 Å². The number of benzene rings is 2. The van der Waals surface area contributed by atoms with E-state index in [1.165, 1.54) is 16.9 Å². The molecule has 134 valence electrons. The monoisotopic (exact) mass is 394 g/mol. The van der Waals surface area contributed by atoms with Crippen LogP contribution in [0.2, 0.25) is 5.02 Å². The molecule has 0 spiro atoms. The minimum absolute atomic E-state index is 0.253. The first-order valence-electron chi connectivity index (χ1n) is 8.26. The van der Waals surface area contributed by atoms with Crippen molar-refractivity contribution in [3.63, 3.8) is 0 Å². The first-order valence-corrected chi connectivity index (χ1v) is 9.52. The molecule has 0 saturated heterocycles. The van der Waals surface area contributed by atoms with Crippen LogP contribution in [-0.2, 0) is 6.42 Å². The van der Waals surface area contributed by atoms with Gasteiger partial charge >= 0.3 is 0 Å². The number of nitrogens with one attached hydrogen (secondary N) is 1. The van der Waals surface area contributed by atoms with Crippen molar-refractivity contribution >= 4 is 34.5 Å². The van der Waals surface area contributed by atoms with Gasteiger partial charge in [-0.15, -0.1) is 11.3 Å². The molecule has 0 fully saturated rings. The molecule has 4 rings (SSSR count). The van der Waals surface area contributed by atoms with Gasteiger partial charge in [0.05, 0.1) is 22.0 Å². The Morgan fingerprint density at radius 3 is 2.78 bits per heavy atom. The summed E-state index contributed by atoms with van der Waals surface area (Å²) in [6.45, 7) is 0. The number of anilines is 1.